The number of amides is 2. The van der Waals surface area contributed by atoms with Crippen LogP contribution in [0.25, 0.3) is 0 Å². The summed E-state index contributed by atoms with van der Waals surface area (Å²) in [5, 5.41) is 3.79. The van der Waals surface area contributed by atoms with Crippen LogP contribution in [0.3, 0.4) is 0 Å². The number of hydrogen-bond acceptors (Lipinski definition) is 4. The van der Waals surface area contributed by atoms with E-state index in [2.05, 4.69) is 5.32 Å². The maximum absolute atomic E-state index is 13.3. The van der Waals surface area contributed by atoms with Gasteiger partial charge in [0.15, 0.2) is 0 Å². The van der Waals surface area contributed by atoms with Crippen molar-refractivity contribution in [2.24, 2.45) is 5.92 Å². The van der Waals surface area contributed by atoms with Gasteiger partial charge in [0, 0.05) is 36.1 Å². The molecule has 0 aromatic heterocycles. The molecule has 0 bridgehead atoms. The Labute approximate surface area is 218 Å². The van der Waals surface area contributed by atoms with Gasteiger partial charge in [-0.15, -0.1) is 0 Å². The van der Waals surface area contributed by atoms with Crippen LogP contribution < -0.4 is 9.62 Å². The number of hydrogen-bond donors (Lipinski definition) is 1. The normalized spacial score (nSPS) is 12.3. The Kier molecular flexibility index (Phi) is 10.9. The molecule has 2 aromatic rings. The van der Waals surface area contributed by atoms with Crippen molar-refractivity contribution in [1.29, 1.82) is 0 Å². The number of anilines is 1. The molecule has 0 heterocycles. The highest BCUT2D eigenvalue weighted by Crippen LogP contribution is 2.23. The van der Waals surface area contributed by atoms with Crippen LogP contribution in [-0.4, -0.2) is 50.5 Å². The lowest BCUT2D eigenvalue weighted by molar-refractivity contribution is -0.140. The highest BCUT2D eigenvalue weighted by Gasteiger charge is 2.27. The van der Waals surface area contributed by atoms with Crippen molar-refractivity contribution >= 4 is 50.7 Å². The van der Waals surface area contributed by atoms with Gasteiger partial charge in [-0.2, -0.15) is 0 Å². The summed E-state index contributed by atoms with van der Waals surface area (Å²) in [6.45, 7) is 6.42. The smallest absolute Gasteiger partial charge is 0.242 e. The number of sulfonamides is 1. The van der Waals surface area contributed by atoms with Crippen LogP contribution in [0.5, 0.6) is 0 Å². The molecule has 0 saturated carbocycles. The average molecular weight is 543 g/mol. The lowest BCUT2D eigenvalue weighted by atomic mass is 10.1. The molecule has 10 heteroatoms. The van der Waals surface area contributed by atoms with Crippen molar-refractivity contribution in [3.8, 4) is 0 Å². The van der Waals surface area contributed by atoms with Gasteiger partial charge < -0.3 is 10.2 Å². The molecule has 0 aliphatic rings. The molecule has 0 saturated heterocycles. The van der Waals surface area contributed by atoms with Crippen molar-refractivity contribution in [3.05, 3.63) is 64.1 Å². The fraction of sp³-hybridized carbons (Fsp3) is 0.440. The van der Waals surface area contributed by atoms with E-state index in [4.69, 9.17) is 23.2 Å². The Bertz CT molecular complexity index is 1130. The fourth-order valence-electron chi connectivity index (χ4n) is 3.48. The first kappa shape index (κ1) is 28.9. The minimum atomic E-state index is -3.58. The van der Waals surface area contributed by atoms with E-state index in [1.807, 2.05) is 26.0 Å². The Morgan fingerprint density at radius 3 is 2.31 bits per heavy atom. The zero-order valence-corrected chi connectivity index (χ0v) is 22.8. The van der Waals surface area contributed by atoms with Gasteiger partial charge in [-0.1, -0.05) is 61.3 Å². The van der Waals surface area contributed by atoms with Crippen LogP contribution >= 0.6 is 23.2 Å². The van der Waals surface area contributed by atoms with E-state index in [1.54, 1.807) is 43.3 Å². The monoisotopic (exact) mass is 541 g/mol. The largest absolute Gasteiger partial charge is 0.354 e. The molecule has 7 nitrogen and oxygen atoms in total. The van der Waals surface area contributed by atoms with E-state index < -0.39 is 16.1 Å². The summed E-state index contributed by atoms with van der Waals surface area (Å²) in [4.78, 5) is 27.5. The number of halogens is 2. The molecule has 35 heavy (non-hydrogen) atoms. The summed E-state index contributed by atoms with van der Waals surface area (Å²) < 4.78 is 26.0. The lowest BCUT2D eigenvalue weighted by Gasteiger charge is -2.30. The molecule has 1 N–H and O–H groups in total. The summed E-state index contributed by atoms with van der Waals surface area (Å²) >= 11 is 12.3. The van der Waals surface area contributed by atoms with Gasteiger partial charge in [0.1, 0.15) is 6.04 Å². The third-order valence-corrected chi connectivity index (χ3v) is 7.20. The van der Waals surface area contributed by atoms with Crippen LogP contribution in [0, 0.1) is 5.92 Å². The molecule has 0 aliphatic carbocycles. The quantitative estimate of drug-likeness (QED) is 0.420. The molecular formula is C25H33Cl2N3O4S. The minimum Gasteiger partial charge on any atom is -0.354 e. The van der Waals surface area contributed by atoms with E-state index in [0.29, 0.717) is 22.3 Å². The second kappa shape index (κ2) is 13.1. The molecular weight excluding hydrogens is 509 g/mol. The van der Waals surface area contributed by atoms with Crippen molar-refractivity contribution < 1.29 is 18.0 Å². The second-order valence-electron chi connectivity index (χ2n) is 8.85. The summed E-state index contributed by atoms with van der Waals surface area (Å²) in [7, 11) is -3.58. The highest BCUT2D eigenvalue weighted by atomic mass is 35.5. The molecule has 2 aromatic carbocycles. The number of nitrogens with zero attached hydrogens (tertiary/aromatic N) is 2. The maximum Gasteiger partial charge on any atom is 0.242 e. The Morgan fingerprint density at radius 1 is 1.03 bits per heavy atom. The molecule has 0 radical (unpaired) electrons. The highest BCUT2D eigenvalue weighted by molar-refractivity contribution is 7.92. The molecule has 2 rings (SSSR count). The summed E-state index contributed by atoms with van der Waals surface area (Å²) in [6.07, 6.45) is 1.43. The Hall–Kier alpha value is -2.29. The number of benzene rings is 2. The number of nitrogens with one attached hydrogen (secondary N) is 1. The summed E-state index contributed by atoms with van der Waals surface area (Å²) in [6, 6.07) is 13.0. The van der Waals surface area contributed by atoms with Crippen molar-refractivity contribution in [3.63, 3.8) is 0 Å². The third kappa shape index (κ3) is 9.02. The third-order valence-electron chi connectivity index (χ3n) is 5.40. The van der Waals surface area contributed by atoms with Crippen molar-refractivity contribution in [1.82, 2.24) is 10.2 Å². The maximum atomic E-state index is 13.3. The molecule has 1 atom stereocenters. The minimum absolute atomic E-state index is 0.0544. The van der Waals surface area contributed by atoms with Crippen molar-refractivity contribution in [2.45, 2.75) is 46.2 Å². The first-order chi connectivity index (χ1) is 16.4. The number of rotatable bonds is 12. The zero-order chi connectivity index (χ0) is 26.2. The van der Waals surface area contributed by atoms with Gasteiger partial charge in [-0.3, -0.25) is 13.9 Å². The summed E-state index contributed by atoms with van der Waals surface area (Å²) in [5.41, 5.74) is 1.16. The zero-order valence-electron chi connectivity index (χ0n) is 20.5. The van der Waals surface area contributed by atoms with Gasteiger partial charge in [-0.25, -0.2) is 8.42 Å². The molecule has 0 unspecified atom stereocenters. The van der Waals surface area contributed by atoms with E-state index in [0.717, 1.165) is 11.8 Å². The fourth-order valence-corrected chi connectivity index (χ4v) is 4.82. The van der Waals surface area contributed by atoms with Gasteiger partial charge in [0.2, 0.25) is 21.8 Å². The molecule has 2 amide bonds. The van der Waals surface area contributed by atoms with E-state index in [9.17, 15) is 18.0 Å². The number of carbonyl (C=O) groups is 2. The summed E-state index contributed by atoms with van der Waals surface area (Å²) in [5.74, 6) is -0.250. The average Bonchev–Trinajstić information content (AvgIpc) is 2.78. The SMILES string of the molecule is CC(C)CNC(=O)[C@@H](C)N(Cc1ccccc1Cl)C(=O)CCCN(c1cccc(Cl)c1)S(C)(=O)=O. The topological polar surface area (TPSA) is 86.8 Å². The first-order valence-electron chi connectivity index (χ1n) is 11.4. The standard InChI is InChI=1S/C25H33Cl2N3O4S/c1-18(2)16-28-25(32)19(3)29(17-20-9-5-6-12-23(20)27)24(31)13-8-14-30(35(4,33)34)22-11-7-10-21(26)15-22/h5-7,9-12,15,18-19H,8,13-14,16-17H2,1-4H3,(H,28,32)/t19-/m1/s1. The van der Waals surface area contributed by atoms with Gasteiger partial charge in [0.25, 0.3) is 0 Å². The van der Waals surface area contributed by atoms with Crippen LogP contribution in [0.2, 0.25) is 10.0 Å². The van der Waals surface area contributed by atoms with E-state index in [-0.39, 0.29) is 43.7 Å². The van der Waals surface area contributed by atoms with Crippen LogP contribution in [0.4, 0.5) is 5.69 Å². The van der Waals surface area contributed by atoms with E-state index >= 15 is 0 Å². The Morgan fingerprint density at radius 2 is 1.71 bits per heavy atom. The Balaban J connectivity index is 2.17. The van der Waals surface area contributed by atoms with Gasteiger partial charge >= 0.3 is 0 Å². The van der Waals surface area contributed by atoms with Gasteiger partial charge in [-0.05, 0) is 49.1 Å². The lowest BCUT2D eigenvalue weighted by Crippen LogP contribution is -2.48. The van der Waals surface area contributed by atoms with Crippen LogP contribution in [-0.2, 0) is 26.2 Å². The number of carbonyl (C=O) groups excluding carboxylic acids is 2. The first-order valence-corrected chi connectivity index (χ1v) is 14.0. The van der Waals surface area contributed by atoms with E-state index in [1.165, 1.54) is 9.21 Å². The molecule has 0 fully saturated rings. The van der Waals surface area contributed by atoms with Crippen molar-refractivity contribution in [2.75, 3.05) is 23.7 Å². The second-order valence-corrected chi connectivity index (χ2v) is 11.6. The van der Waals surface area contributed by atoms with Crippen LogP contribution in [0.15, 0.2) is 48.5 Å². The van der Waals surface area contributed by atoms with Crippen LogP contribution in [0.1, 0.15) is 39.2 Å². The van der Waals surface area contributed by atoms with Gasteiger partial charge in [0.05, 0.1) is 11.9 Å². The molecule has 192 valence electrons. The molecule has 0 aliphatic heterocycles. The predicted molar refractivity (Wildman–Crippen MR) is 142 cm³/mol. The molecule has 0 spiro atoms. The predicted octanol–water partition coefficient (Wildman–Crippen LogP) is 4.73.